The summed E-state index contributed by atoms with van der Waals surface area (Å²) in [4.78, 5) is 23.3. The molecule has 2 N–H and O–H groups in total. The average molecular weight is 401 g/mol. The molecule has 0 aromatic heterocycles. The minimum atomic E-state index is -0.502. The van der Waals surface area contributed by atoms with E-state index in [1.807, 2.05) is 0 Å². The summed E-state index contributed by atoms with van der Waals surface area (Å²) in [5.74, 6) is 0.500. The lowest BCUT2D eigenvalue weighted by Crippen LogP contribution is -2.34. The van der Waals surface area contributed by atoms with Gasteiger partial charge in [-0.15, -0.1) is 0 Å². The molecule has 0 radical (unpaired) electrons. The second kappa shape index (κ2) is 9.80. The van der Waals surface area contributed by atoms with Crippen molar-refractivity contribution in [1.29, 1.82) is 0 Å². The maximum Gasteiger partial charge on any atom is 0.292 e. The lowest BCUT2D eigenvalue weighted by molar-refractivity contribution is -0.383. The van der Waals surface area contributed by atoms with Crippen molar-refractivity contribution in [2.24, 2.45) is 5.92 Å². The Morgan fingerprint density at radius 2 is 1.96 bits per heavy atom. The molecule has 0 aliphatic heterocycles. The Morgan fingerprint density at radius 1 is 1.25 bits per heavy atom. The predicted octanol–water partition coefficient (Wildman–Crippen LogP) is 4.45. The predicted molar refractivity (Wildman–Crippen MR) is 113 cm³/mol. The largest absolute Gasteiger partial charge is 0.493 e. The topological polar surface area (TPSA) is 93.5 Å². The van der Waals surface area contributed by atoms with E-state index < -0.39 is 10.8 Å². The van der Waals surface area contributed by atoms with E-state index in [2.05, 4.69) is 24.5 Å². The third-order valence-electron chi connectivity index (χ3n) is 3.91. The molecule has 2 aromatic rings. The number of hydrogen-bond donors (Lipinski definition) is 2. The molecule has 2 rings (SSSR count). The van der Waals surface area contributed by atoms with Crippen molar-refractivity contribution in [2.75, 3.05) is 11.9 Å². The van der Waals surface area contributed by atoms with E-state index in [4.69, 9.17) is 17.0 Å². The highest BCUT2D eigenvalue weighted by molar-refractivity contribution is 7.80. The van der Waals surface area contributed by atoms with Crippen LogP contribution in [0.15, 0.2) is 42.5 Å². The number of nitrogens with one attached hydrogen (secondary N) is 2. The van der Waals surface area contributed by atoms with Crippen LogP contribution in [0.3, 0.4) is 0 Å². The summed E-state index contributed by atoms with van der Waals surface area (Å²) in [6, 6.07) is 11.6. The van der Waals surface area contributed by atoms with E-state index >= 15 is 0 Å². The molecular weight excluding hydrogens is 378 g/mol. The van der Waals surface area contributed by atoms with E-state index in [1.165, 1.54) is 6.07 Å². The van der Waals surface area contributed by atoms with Gasteiger partial charge in [0.05, 0.1) is 17.1 Å². The van der Waals surface area contributed by atoms with Gasteiger partial charge in [0.1, 0.15) is 11.4 Å². The molecule has 0 saturated carbocycles. The molecule has 1 amide bonds. The van der Waals surface area contributed by atoms with Gasteiger partial charge in [-0.05, 0) is 55.2 Å². The van der Waals surface area contributed by atoms with Gasteiger partial charge in [0.25, 0.3) is 11.6 Å². The van der Waals surface area contributed by atoms with Crippen molar-refractivity contribution >= 4 is 34.6 Å². The van der Waals surface area contributed by atoms with Gasteiger partial charge in [-0.1, -0.05) is 32.0 Å². The number of aryl methyl sites for hydroxylation is 1. The van der Waals surface area contributed by atoms with Gasteiger partial charge in [-0.25, -0.2) is 0 Å². The fourth-order valence-corrected chi connectivity index (χ4v) is 2.61. The van der Waals surface area contributed by atoms with E-state index in [-0.39, 0.29) is 16.5 Å². The van der Waals surface area contributed by atoms with Crippen LogP contribution in [-0.4, -0.2) is 22.5 Å². The Balaban J connectivity index is 2.07. The Kier molecular flexibility index (Phi) is 7.45. The lowest BCUT2D eigenvalue weighted by atomic mass is 10.1. The van der Waals surface area contributed by atoms with Gasteiger partial charge in [-0.3, -0.25) is 20.2 Å². The summed E-state index contributed by atoms with van der Waals surface area (Å²) in [7, 11) is 0. The fourth-order valence-electron chi connectivity index (χ4n) is 2.41. The molecule has 0 spiro atoms. The Hall–Kier alpha value is -3.00. The maximum absolute atomic E-state index is 12.6. The zero-order chi connectivity index (χ0) is 20.7. The summed E-state index contributed by atoms with van der Waals surface area (Å²) in [5, 5.41) is 16.4. The number of carbonyl (C=O) groups excluding carboxylic acids is 1. The van der Waals surface area contributed by atoms with Crippen molar-refractivity contribution < 1.29 is 14.5 Å². The van der Waals surface area contributed by atoms with Gasteiger partial charge in [-0.2, -0.15) is 0 Å². The third kappa shape index (κ3) is 6.02. The molecule has 0 aliphatic carbocycles. The zero-order valence-corrected chi connectivity index (χ0v) is 16.8. The van der Waals surface area contributed by atoms with E-state index in [1.54, 1.807) is 43.3 Å². The number of nitro benzene ring substituents is 1. The third-order valence-corrected chi connectivity index (χ3v) is 4.11. The second-order valence-electron chi connectivity index (χ2n) is 6.71. The number of ether oxygens (including phenoxy) is 1. The molecule has 7 nitrogen and oxygen atoms in total. The van der Waals surface area contributed by atoms with Crippen molar-refractivity contribution in [3.05, 3.63) is 63.7 Å². The molecule has 8 heteroatoms. The number of rotatable bonds is 7. The molecule has 28 heavy (non-hydrogen) atoms. The van der Waals surface area contributed by atoms with Crippen LogP contribution in [0.4, 0.5) is 11.4 Å². The molecule has 0 bridgehead atoms. The van der Waals surface area contributed by atoms with Crippen LogP contribution >= 0.6 is 12.2 Å². The maximum atomic E-state index is 12.6. The number of amides is 1. The molecule has 0 fully saturated rings. The highest BCUT2D eigenvalue weighted by Gasteiger charge is 2.17. The highest BCUT2D eigenvalue weighted by atomic mass is 32.1. The molecule has 2 aromatic carbocycles. The summed E-state index contributed by atoms with van der Waals surface area (Å²) in [5.41, 5.74) is 1.19. The number of anilines is 1. The summed E-state index contributed by atoms with van der Waals surface area (Å²) in [6.45, 7) is 6.44. The molecule has 0 heterocycles. The van der Waals surface area contributed by atoms with Gasteiger partial charge >= 0.3 is 0 Å². The normalized spacial score (nSPS) is 10.4. The van der Waals surface area contributed by atoms with Crippen LogP contribution in [0.1, 0.15) is 36.2 Å². The van der Waals surface area contributed by atoms with Crippen LogP contribution in [0.2, 0.25) is 0 Å². The Morgan fingerprint density at radius 3 is 2.64 bits per heavy atom. The summed E-state index contributed by atoms with van der Waals surface area (Å²) >= 11 is 5.15. The lowest BCUT2D eigenvalue weighted by Gasteiger charge is -2.14. The van der Waals surface area contributed by atoms with E-state index in [0.717, 1.165) is 12.0 Å². The van der Waals surface area contributed by atoms with Crippen LogP contribution in [0.5, 0.6) is 5.75 Å². The van der Waals surface area contributed by atoms with Crippen LogP contribution < -0.4 is 15.4 Å². The first-order valence-corrected chi connectivity index (χ1v) is 9.28. The molecule has 0 unspecified atom stereocenters. The number of para-hydroxylation sites is 1. The monoisotopic (exact) mass is 401 g/mol. The number of nitro groups is 1. The Bertz CT molecular complexity index is 884. The number of hydrogen-bond acceptors (Lipinski definition) is 5. The van der Waals surface area contributed by atoms with Crippen LogP contribution in [-0.2, 0) is 0 Å². The van der Waals surface area contributed by atoms with Gasteiger partial charge in [0.15, 0.2) is 5.11 Å². The SMILES string of the molecule is Cc1ccc(NC(=S)NC(=O)c2ccccc2OCCC(C)C)c([N+](=O)[O-])c1. The number of carbonyl (C=O) groups is 1. The van der Waals surface area contributed by atoms with Gasteiger partial charge in [0, 0.05) is 6.07 Å². The van der Waals surface area contributed by atoms with Crippen LogP contribution in [0, 0.1) is 23.0 Å². The molecule has 0 atom stereocenters. The summed E-state index contributed by atoms with van der Waals surface area (Å²) in [6.07, 6.45) is 0.868. The number of nitrogens with zero attached hydrogens (tertiary/aromatic N) is 1. The Labute approximate surface area is 169 Å². The number of thiocarbonyl (C=S) groups is 1. The minimum Gasteiger partial charge on any atom is -0.493 e. The smallest absolute Gasteiger partial charge is 0.292 e. The van der Waals surface area contributed by atoms with Crippen molar-refractivity contribution in [1.82, 2.24) is 5.32 Å². The van der Waals surface area contributed by atoms with Gasteiger partial charge in [0.2, 0.25) is 0 Å². The fraction of sp³-hybridized carbons (Fsp3) is 0.300. The van der Waals surface area contributed by atoms with Crippen molar-refractivity contribution in [2.45, 2.75) is 27.2 Å². The van der Waals surface area contributed by atoms with Gasteiger partial charge < -0.3 is 10.1 Å². The molecular formula is C20H23N3O4S. The second-order valence-corrected chi connectivity index (χ2v) is 7.12. The first-order chi connectivity index (χ1) is 13.3. The zero-order valence-electron chi connectivity index (χ0n) is 16.0. The molecule has 148 valence electrons. The summed E-state index contributed by atoms with van der Waals surface area (Å²) < 4.78 is 5.72. The first kappa shape index (κ1) is 21.3. The number of benzene rings is 2. The molecule has 0 aliphatic rings. The van der Waals surface area contributed by atoms with E-state index in [0.29, 0.717) is 23.8 Å². The quantitative estimate of drug-likeness (QED) is 0.404. The first-order valence-electron chi connectivity index (χ1n) is 8.87. The highest BCUT2D eigenvalue weighted by Crippen LogP contribution is 2.25. The average Bonchev–Trinajstić information content (AvgIpc) is 2.63. The minimum absolute atomic E-state index is 0.0334. The standard InChI is InChI=1S/C20H23N3O4S/c1-13(2)10-11-27-18-7-5-4-6-15(18)19(24)22-20(28)21-16-9-8-14(3)12-17(16)23(25)26/h4-9,12-13H,10-11H2,1-3H3,(H2,21,22,24,28). The van der Waals surface area contributed by atoms with Crippen LogP contribution in [0.25, 0.3) is 0 Å². The van der Waals surface area contributed by atoms with Crippen molar-refractivity contribution in [3.8, 4) is 5.75 Å². The molecule has 0 saturated heterocycles. The van der Waals surface area contributed by atoms with E-state index in [9.17, 15) is 14.9 Å². The van der Waals surface area contributed by atoms with Crippen molar-refractivity contribution in [3.63, 3.8) is 0 Å².